The molecule has 1 fully saturated rings. The number of aromatic nitrogens is 2. The van der Waals surface area contributed by atoms with E-state index in [1.165, 1.54) is 0 Å². The van der Waals surface area contributed by atoms with Crippen molar-refractivity contribution in [3.8, 4) is 0 Å². The number of hydrogen-bond donors (Lipinski definition) is 1. The molecular formula is C19H23ClN4O2. The summed E-state index contributed by atoms with van der Waals surface area (Å²) in [6.45, 7) is 5.77. The van der Waals surface area contributed by atoms with E-state index >= 15 is 0 Å². The van der Waals surface area contributed by atoms with Crippen LogP contribution < -0.4 is 5.32 Å². The molecule has 26 heavy (non-hydrogen) atoms. The standard InChI is InChI=1S/C19H23ClN4O2/c1-3-4-16-12-26-8-7-24(16)19(25)14-9-17(20)18(22-10-14)23-15-6-5-13(2)21-11-15/h5-6,9-11,16H,3-4,7-8,12H2,1-2H3,(H,22,23). The number of hydrogen-bond acceptors (Lipinski definition) is 5. The van der Waals surface area contributed by atoms with Crippen LogP contribution in [-0.2, 0) is 4.74 Å². The van der Waals surface area contributed by atoms with Gasteiger partial charge in [0.2, 0.25) is 0 Å². The number of nitrogens with one attached hydrogen (secondary N) is 1. The normalized spacial score (nSPS) is 17.2. The van der Waals surface area contributed by atoms with Crippen molar-refractivity contribution in [1.82, 2.24) is 14.9 Å². The molecule has 0 radical (unpaired) electrons. The lowest BCUT2D eigenvalue weighted by atomic mass is 10.1. The average Bonchev–Trinajstić information content (AvgIpc) is 2.65. The third kappa shape index (κ3) is 4.31. The van der Waals surface area contributed by atoms with E-state index in [1.54, 1.807) is 18.5 Å². The maximum absolute atomic E-state index is 12.9. The van der Waals surface area contributed by atoms with Crippen LogP contribution in [0.25, 0.3) is 0 Å². The molecule has 0 saturated carbocycles. The van der Waals surface area contributed by atoms with Crippen molar-refractivity contribution in [2.45, 2.75) is 32.7 Å². The summed E-state index contributed by atoms with van der Waals surface area (Å²) in [6.07, 6.45) is 5.21. The molecule has 1 N–H and O–H groups in total. The fourth-order valence-corrected chi connectivity index (χ4v) is 3.20. The van der Waals surface area contributed by atoms with E-state index < -0.39 is 0 Å². The van der Waals surface area contributed by atoms with Crippen molar-refractivity contribution in [3.05, 3.63) is 46.9 Å². The fraction of sp³-hybridized carbons (Fsp3) is 0.421. The number of aryl methyl sites for hydroxylation is 1. The van der Waals surface area contributed by atoms with Gasteiger partial charge in [-0.15, -0.1) is 0 Å². The van der Waals surface area contributed by atoms with E-state index in [9.17, 15) is 4.79 Å². The number of rotatable bonds is 5. The number of anilines is 2. The summed E-state index contributed by atoms with van der Waals surface area (Å²) < 4.78 is 5.52. The van der Waals surface area contributed by atoms with Crippen molar-refractivity contribution in [3.63, 3.8) is 0 Å². The molecule has 7 heteroatoms. The zero-order valence-corrected chi connectivity index (χ0v) is 15.8. The van der Waals surface area contributed by atoms with Gasteiger partial charge in [0.05, 0.1) is 41.7 Å². The Morgan fingerprint density at radius 3 is 2.92 bits per heavy atom. The molecule has 0 spiro atoms. The first-order valence-corrected chi connectivity index (χ1v) is 9.20. The van der Waals surface area contributed by atoms with Crippen LogP contribution in [-0.4, -0.2) is 46.6 Å². The van der Waals surface area contributed by atoms with Gasteiger partial charge in [-0.25, -0.2) is 4.98 Å². The Morgan fingerprint density at radius 1 is 1.38 bits per heavy atom. The van der Waals surface area contributed by atoms with Gasteiger partial charge in [-0.05, 0) is 31.5 Å². The number of carbonyl (C=O) groups is 1. The van der Waals surface area contributed by atoms with Crippen LogP contribution in [0.15, 0.2) is 30.6 Å². The van der Waals surface area contributed by atoms with Crippen LogP contribution in [0.4, 0.5) is 11.5 Å². The van der Waals surface area contributed by atoms with Gasteiger partial charge in [-0.1, -0.05) is 24.9 Å². The van der Waals surface area contributed by atoms with Crippen molar-refractivity contribution in [1.29, 1.82) is 0 Å². The van der Waals surface area contributed by atoms with Gasteiger partial charge in [0, 0.05) is 18.4 Å². The number of nitrogens with zero attached hydrogens (tertiary/aromatic N) is 3. The minimum Gasteiger partial charge on any atom is -0.377 e. The lowest BCUT2D eigenvalue weighted by molar-refractivity contribution is -0.00435. The molecule has 0 aliphatic carbocycles. The summed E-state index contributed by atoms with van der Waals surface area (Å²) in [5.41, 5.74) is 2.22. The summed E-state index contributed by atoms with van der Waals surface area (Å²) in [5.74, 6) is 0.450. The first kappa shape index (κ1) is 18.6. The van der Waals surface area contributed by atoms with E-state index in [2.05, 4.69) is 22.2 Å². The van der Waals surface area contributed by atoms with Crippen molar-refractivity contribution < 1.29 is 9.53 Å². The third-order valence-corrected chi connectivity index (χ3v) is 4.66. The van der Waals surface area contributed by atoms with Gasteiger partial charge in [0.1, 0.15) is 5.82 Å². The van der Waals surface area contributed by atoms with E-state index in [0.717, 1.165) is 24.2 Å². The fourth-order valence-electron chi connectivity index (χ4n) is 2.99. The Labute approximate surface area is 158 Å². The van der Waals surface area contributed by atoms with Crippen LogP contribution in [0.1, 0.15) is 35.8 Å². The largest absolute Gasteiger partial charge is 0.377 e. The quantitative estimate of drug-likeness (QED) is 0.861. The SMILES string of the molecule is CCCC1COCCN1C(=O)c1cnc(Nc2ccc(C)nc2)c(Cl)c1. The summed E-state index contributed by atoms with van der Waals surface area (Å²) in [6, 6.07) is 5.58. The molecule has 3 rings (SSSR count). The highest BCUT2D eigenvalue weighted by molar-refractivity contribution is 6.33. The summed E-state index contributed by atoms with van der Waals surface area (Å²) in [4.78, 5) is 23.3. The molecular weight excluding hydrogens is 352 g/mol. The highest BCUT2D eigenvalue weighted by atomic mass is 35.5. The first-order valence-electron chi connectivity index (χ1n) is 8.82. The van der Waals surface area contributed by atoms with Gasteiger partial charge < -0.3 is 15.0 Å². The predicted molar refractivity (Wildman–Crippen MR) is 102 cm³/mol. The number of halogens is 1. The second-order valence-electron chi connectivity index (χ2n) is 6.38. The van der Waals surface area contributed by atoms with Crippen LogP contribution >= 0.6 is 11.6 Å². The molecule has 1 amide bonds. The molecule has 1 aliphatic heterocycles. The summed E-state index contributed by atoms with van der Waals surface area (Å²) in [5, 5.41) is 3.52. The first-order chi connectivity index (χ1) is 12.6. The zero-order chi connectivity index (χ0) is 18.5. The molecule has 3 heterocycles. The van der Waals surface area contributed by atoms with E-state index in [-0.39, 0.29) is 11.9 Å². The van der Waals surface area contributed by atoms with Gasteiger partial charge in [-0.2, -0.15) is 0 Å². The van der Waals surface area contributed by atoms with Crippen molar-refractivity contribution in [2.24, 2.45) is 0 Å². The number of amides is 1. The number of carbonyl (C=O) groups excluding carboxylic acids is 1. The lowest BCUT2D eigenvalue weighted by Gasteiger charge is -2.35. The van der Waals surface area contributed by atoms with Crippen molar-refractivity contribution in [2.75, 3.05) is 25.1 Å². The third-order valence-electron chi connectivity index (χ3n) is 4.37. The van der Waals surface area contributed by atoms with Gasteiger partial charge >= 0.3 is 0 Å². The highest BCUT2D eigenvalue weighted by Crippen LogP contribution is 2.25. The molecule has 1 atom stereocenters. The maximum Gasteiger partial charge on any atom is 0.255 e. The molecule has 2 aromatic heterocycles. The van der Waals surface area contributed by atoms with Crippen LogP contribution in [0.3, 0.4) is 0 Å². The molecule has 138 valence electrons. The van der Waals surface area contributed by atoms with E-state index in [1.807, 2.05) is 24.0 Å². The van der Waals surface area contributed by atoms with Crippen molar-refractivity contribution >= 4 is 29.0 Å². The van der Waals surface area contributed by atoms with Crippen LogP contribution in [0.2, 0.25) is 5.02 Å². The zero-order valence-electron chi connectivity index (χ0n) is 15.0. The Bertz CT molecular complexity index is 765. The highest BCUT2D eigenvalue weighted by Gasteiger charge is 2.28. The monoisotopic (exact) mass is 374 g/mol. The van der Waals surface area contributed by atoms with Crippen LogP contribution in [0.5, 0.6) is 0 Å². The molecule has 1 saturated heterocycles. The number of pyridine rings is 2. The molecule has 0 aromatic carbocycles. The van der Waals surface area contributed by atoms with Gasteiger partial charge in [-0.3, -0.25) is 9.78 Å². The molecule has 1 aliphatic rings. The molecule has 1 unspecified atom stereocenters. The predicted octanol–water partition coefficient (Wildman–Crippen LogP) is 3.82. The smallest absolute Gasteiger partial charge is 0.255 e. The lowest BCUT2D eigenvalue weighted by Crippen LogP contribution is -2.48. The minimum absolute atomic E-state index is 0.0512. The number of ether oxygens (including phenoxy) is 1. The Hall–Kier alpha value is -2.18. The number of morpholine rings is 1. The Kier molecular flexibility index (Phi) is 6.06. The molecule has 6 nitrogen and oxygen atoms in total. The summed E-state index contributed by atoms with van der Waals surface area (Å²) >= 11 is 6.35. The summed E-state index contributed by atoms with van der Waals surface area (Å²) in [7, 11) is 0. The van der Waals surface area contributed by atoms with Crippen LogP contribution in [0, 0.1) is 6.92 Å². The topological polar surface area (TPSA) is 67.3 Å². The Balaban J connectivity index is 1.75. The molecule has 0 bridgehead atoms. The van der Waals surface area contributed by atoms with E-state index in [0.29, 0.717) is 36.2 Å². The second-order valence-corrected chi connectivity index (χ2v) is 6.79. The maximum atomic E-state index is 12.9. The second kappa shape index (κ2) is 8.47. The van der Waals surface area contributed by atoms with Gasteiger partial charge in [0.25, 0.3) is 5.91 Å². The Morgan fingerprint density at radius 2 is 2.23 bits per heavy atom. The molecule has 2 aromatic rings. The minimum atomic E-state index is -0.0512. The van der Waals surface area contributed by atoms with E-state index in [4.69, 9.17) is 16.3 Å². The van der Waals surface area contributed by atoms with Gasteiger partial charge in [0.15, 0.2) is 0 Å². The average molecular weight is 375 g/mol.